The first-order valence-electron chi connectivity index (χ1n) is 5.82. The lowest BCUT2D eigenvalue weighted by atomic mass is 9.89. The molecule has 2 N–H and O–H groups in total. The molecule has 18 heavy (non-hydrogen) atoms. The number of hydrogen-bond acceptors (Lipinski definition) is 4. The third-order valence-electron chi connectivity index (χ3n) is 2.88. The maximum atomic E-state index is 12.1. The number of aliphatic hydroxyl groups is 1. The van der Waals surface area contributed by atoms with Gasteiger partial charge in [0.25, 0.3) is 0 Å². The summed E-state index contributed by atoms with van der Waals surface area (Å²) in [4.78, 5) is 0.118. The van der Waals surface area contributed by atoms with Crippen LogP contribution in [0.15, 0.2) is 17.3 Å². The number of aromatic nitrogens is 2. The molecular weight excluding hydrogens is 254 g/mol. The van der Waals surface area contributed by atoms with Crippen molar-refractivity contribution < 1.29 is 13.5 Å². The summed E-state index contributed by atoms with van der Waals surface area (Å²) in [6.45, 7) is 7.94. The number of nitrogens with one attached hydrogen (secondary N) is 1. The Hall–Kier alpha value is -0.920. The molecule has 0 aromatic carbocycles. The second-order valence-electron chi connectivity index (χ2n) is 5.37. The predicted octanol–water partition coefficient (Wildman–Crippen LogP) is 0.588. The van der Waals surface area contributed by atoms with Crippen LogP contribution in [-0.2, 0) is 16.6 Å². The molecule has 0 aliphatic heterocycles. The molecule has 1 aromatic rings. The molecule has 7 heteroatoms. The second-order valence-corrected chi connectivity index (χ2v) is 7.09. The first kappa shape index (κ1) is 15.1. The van der Waals surface area contributed by atoms with E-state index in [0.29, 0.717) is 0 Å². The van der Waals surface area contributed by atoms with E-state index < -0.39 is 10.0 Å². The van der Waals surface area contributed by atoms with Gasteiger partial charge in [0.15, 0.2) is 0 Å². The summed E-state index contributed by atoms with van der Waals surface area (Å²) in [5, 5.41) is 12.6. The minimum Gasteiger partial charge on any atom is -0.394 e. The molecule has 6 nitrogen and oxygen atoms in total. The van der Waals surface area contributed by atoms with Crippen LogP contribution in [0.5, 0.6) is 0 Å². The van der Waals surface area contributed by atoms with Gasteiger partial charge in [-0.3, -0.25) is 4.68 Å². The summed E-state index contributed by atoms with van der Waals surface area (Å²) in [5.74, 6) is 0. The molecule has 1 unspecified atom stereocenters. The van der Waals surface area contributed by atoms with Gasteiger partial charge in [-0.2, -0.15) is 5.10 Å². The van der Waals surface area contributed by atoms with Crippen LogP contribution < -0.4 is 4.72 Å². The van der Waals surface area contributed by atoms with Gasteiger partial charge in [0.05, 0.1) is 19.3 Å². The average molecular weight is 275 g/mol. The number of hydrogen-bond donors (Lipinski definition) is 2. The van der Waals surface area contributed by atoms with Gasteiger partial charge in [0.2, 0.25) is 10.0 Å². The summed E-state index contributed by atoms with van der Waals surface area (Å²) >= 11 is 0. The summed E-state index contributed by atoms with van der Waals surface area (Å²) < 4.78 is 28.2. The Morgan fingerprint density at radius 1 is 1.50 bits per heavy atom. The molecular formula is C11H21N3O3S. The van der Waals surface area contributed by atoms with E-state index in [0.717, 1.165) is 0 Å². The molecule has 0 aliphatic rings. The summed E-state index contributed by atoms with van der Waals surface area (Å²) in [7, 11) is -3.56. The van der Waals surface area contributed by atoms with Crippen molar-refractivity contribution in [3.05, 3.63) is 12.4 Å². The van der Waals surface area contributed by atoms with E-state index in [1.807, 2.05) is 27.7 Å². The lowest BCUT2D eigenvalue weighted by molar-refractivity contribution is 0.269. The van der Waals surface area contributed by atoms with E-state index in [1.165, 1.54) is 17.1 Å². The number of sulfonamides is 1. The topological polar surface area (TPSA) is 84.2 Å². The van der Waals surface area contributed by atoms with Gasteiger partial charge >= 0.3 is 0 Å². The van der Waals surface area contributed by atoms with Gasteiger partial charge in [0, 0.05) is 12.2 Å². The Bertz CT molecular complexity index is 488. The van der Waals surface area contributed by atoms with Crippen LogP contribution in [0.2, 0.25) is 0 Å². The third-order valence-corrected chi connectivity index (χ3v) is 4.38. The van der Waals surface area contributed by atoms with Crippen molar-refractivity contribution in [2.75, 3.05) is 6.61 Å². The lowest BCUT2D eigenvalue weighted by Gasteiger charge is -2.27. The molecule has 1 atom stereocenters. The second kappa shape index (κ2) is 5.38. The van der Waals surface area contributed by atoms with Gasteiger partial charge in [0.1, 0.15) is 4.90 Å². The van der Waals surface area contributed by atoms with Crippen LogP contribution in [0.4, 0.5) is 0 Å². The van der Waals surface area contributed by atoms with Crippen LogP contribution in [0.25, 0.3) is 0 Å². The van der Waals surface area contributed by atoms with E-state index in [1.54, 1.807) is 0 Å². The molecule has 1 aromatic heterocycles. The molecule has 0 saturated carbocycles. The van der Waals surface area contributed by atoms with Crippen molar-refractivity contribution in [2.24, 2.45) is 5.41 Å². The van der Waals surface area contributed by atoms with Crippen molar-refractivity contribution in [1.82, 2.24) is 14.5 Å². The van der Waals surface area contributed by atoms with Crippen molar-refractivity contribution in [1.29, 1.82) is 0 Å². The monoisotopic (exact) mass is 275 g/mol. The Morgan fingerprint density at radius 2 is 2.11 bits per heavy atom. The predicted molar refractivity (Wildman–Crippen MR) is 68.6 cm³/mol. The molecule has 104 valence electrons. The fourth-order valence-corrected chi connectivity index (χ4v) is 2.59. The average Bonchev–Trinajstić information content (AvgIpc) is 2.65. The normalized spacial score (nSPS) is 14.7. The number of aliphatic hydroxyl groups excluding tert-OH is 1. The van der Waals surface area contributed by atoms with Crippen LogP contribution in [0.1, 0.15) is 27.7 Å². The SMILES string of the molecule is CC(NS(=O)(=O)c1cnn(CCO)c1)C(C)(C)C. The van der Waals surface area contributed by atoms with E-state index >= 15 is 0 Å². The Balaban J connectivity index is 2.86. The summed E-state index contributed by atoms with van der Waals surface area (Å²) in [6.07, 6.45) is 2.70. The largest absolute Gasteiger partial charge is 0.394 e. The van der Waals surface area contributed by atoms with Gasteiger partial charge in [-0.15, -0.1) is 0 Å². The molecule has 0 fully saturated rings. The number of rotatable bonds is 5. The van der Waals surface area contributed by atoms with Crippen molar-refractivity contribution in [3.63, 3.8) is 0 Å². The first-order valence-corrected chi connectivity index (χ1v) is 7.31. The maximum Gasteiger partial charge on any atom is 0.243 e. The van der Waals surface area contributed by atoms with E-state index in [-0.39, 0.29) is 29.5 Å². The first-order chi connectivity index (χ1) is 8.16. The zero-order valence-corrected chi connectivity index (χ0v) is 12.0. The van der Waals surface area contributed by atoms with Crippen molar-refractivity contribution in [3.8, 4) is 0 Å². The molecule has 0 bridgehead atoms. The van der Waals surface area contributed by atoms with Crippen LogP contribution in [0.3, 0.4) is 0 Å². The smallest absolute Gasteiger partial charge is 0.243 e. The van der Waals surface area contributed by atoms with E-state index in [2.05, 4.69) is 9.82 Å². The minimum atomic E-state index is -3.56. The molecule has 0 radical (unpaired) electrons. The highest BCUT2D eigenvalue weighted by Gasteiger charge is 2.26. The van der Waals surface area contributed by atoms with Crippen LogP contribution in [0, 0.1) is 5.41 Å². The minimum absolute atomic E-state index is 0.0764. The summed E-state index contributed by atoms with van der Waals surface area (Å²) in [6, 6.07) is -0.191. The number of nitrogens with zero attached hydrogens (tertiary/aromatic N) is 2. The summed E-state index contributed by atoms with van der Waals surface area (Å²) in [5.41, 5.74) is -0.159. The molecule has 0 amide bonds. The standard InChI is InChI=1S/C11H21N3O3S/c1-9(11(2,3)4)13-18(16,17)10-7-12-14(8-10)5-6-15/h7-9,13,15H,5-6H2,1-4H3. The van der Waals surface area contributed by atoms with E-state index in [9.17, 15) is 8.42 Å². The van der Waals surface area contributed by atoms with Gasteiger partial charge in [-0.1, -0.05) is 20.8 Å². The highest BCUT2D eigenvalue weighted by Crippen LogP contribution is 2.20. The fourth-order valence-electron chi connectivity index (χ4n) is 1.19. The molecule has 0 aliphatic carbocycles. The maximum absolute atomic E-state index is 12.1. The fraction of sp³-hybridized carbons (Fsp3) is 0.727. The van der Waals surface area contributed by atoms with Gasteiger partial charge < -0.3 is 5.11 Å². The Labute approximate surface area is 108 Å². The third kappa shape index (κ3) is 3.79. The van der Waals surface area contributed by atoms with Gasteiger partial charge in [-0.05, 0) is 12.3 Å². The Kier molecular flexibility index (Phi) is 4.52. The highest BCUT2D eigenvalue weighted by molar-refractivity contribution is 7.89. The molecule has 1 heterocycles. The van der Waals surface area contributed by atoms with Crippen LogP contribution in [-0.4, -0.2) is 36.0 Å². The zero-order valence-electron chi connectivity index (χ0n) is 11.2. The van der Waals surface area contributed by atoms with Crippen LogP contribution >= 0.6 is 0 Å². The quantitative estimate of drug-likeness (QED) is 0.823. The highest BCUT2D eigenvalue weighted by atomic mass is 32.2. The zero-order chi connectivity index (χ0) is 14.0. The van der Waals surface area contributed by atoms with E-state index in [4.69, 9.17) is 5.11 Å². The lowest BCUT2D eigenvalue weighted by Crippen LogP contribution is -2.41. The Morgan fingerprint density at radius 3 is 2.61 bits per heavy atom. The molecule has 0 spiro atoms. The molecule has 0 saturated heterocycles. The van der Waals surface area contributed by atoms with Gasteiger partial charge in [-0.25, -0.2) is 13.1 Å². The van der Waals surface area contributed by atoms with Crippen molar-refractivity contribution in [2.45, 2.75) is 45.2 Å². The van der Waals surface area contributed by atoms with Crippen molar-refractivity contribution >= 4 is 10.0 Å². The molecule has 1 rings (SSSR count).